The summed E-state index contributed by atoms with van der Waals surface area (Å²) in [4.78, 5) is 8.64. The van der Waals surface area contributed by atoms with Gasteiger partial charge in [-0.25, -0.2) is 0 Å². The molecule has 0 fully saturated rings. The molecule has 2 nitrogen and oxygen atoms in total. The van der Waals surface area contributed by atoms with Crippen LogP contribution in [0.15, 0.2) is 72.0 Å². The molecule has 0 saturated heterocycles. The summed E-state index contributed by atoms with van der Waals surface area (Å²) in [5, 5.41) is 0. The van der Waals surface area contributed by atoms with Gasteiger partial charge < -0.3 is 0 Å². The van der Waals surface area contributed by atoms with Crippen molar-refractivity contribution < 1.29 is 0 Å². The highest BCUT2D eigenvalue weighted by Gasteiger charge is 2.17. The predicted octanol–water partition coefficient (Wildman–Crippen LogP) is 4.40. The van der Waals surface area contributed by atoms with E-state index in [4.69, 9.17) is 0 Å². The van der Waals surface area contributed by atoms with Crippen LogP contribution in [0.2, 0.25) is 0 Å². The number of benzene rings is 2. The Morgan fingerprint density at radius 3 is 2.71 bits per heavy atom. The van der Waals surface area contributed by atoms with Crippen LogP contribution in [0.5, 0.6) is 0 Å². The maximum Gasteiger partial charge on any atom is 0.0633 e. The largest absolute Gasteiger partial charge is 0.264 e. The lowest BCUT2D eigenvalue weighted by Crippen LogP contribution is -1.82. The third-order valence-electron chi connectivity index (χ3n) is 3.82. The van der Waals surface area contributed by atoms with E-state index >= 15 is 0 Å². The fourth-order valence-electron chi connectivity index (χ4n) is 2.81. The number of aromatic nitrogens is 1. The lowest BCUT2D eigenvalue weighted by molar-refractivity contribution is 1.26. The zero-order valence-electron chi connectivity index (χ0n) is 11.5. The van der Waals surface area contributed by atoms with Gasteiger partial charge in [0.05, 0.1) is 5.69 Å². The van der Waals surface area contributed by atoms with Gasteiger partial charge in [-0.2, -0.15) is 0 Å². The summed E-state index contributed by atoms with van der Waals surface area (Å²) < 4.78 is 0. The molecule has 0 N–H and O–H groups in total. The normalized spacial score (nSPS) is 12.4. The molecule has 2 heteroatoms. The third-order valence-corrected chi connectivity index (χ3v) is 3.82. The van der Waals surface area contributed by atoms with Crippen molar-refractivity contribution in [2.45, 2.75) is 6.42 Å². The average Bonchev–Trinajstić information content (AvgIpc) is 2.91. The van der Waals surface area contributed by atoms with E-state index in [9.17, 15) is 0 Å². The molecule has 0 aliphatic heterocycles. The van der Waals surface area contributed by atoms with Gasteiger partial charge in [0.15, 0.2) is 0 Å². The smallest absolute Gasteiger partial charge is 0.0633 e. The Morgan fingerprint density at radius 2 is 1.81 bits per heavy atom. The Hall–Kier alpha value is -2.74. The summed E-state index contributed by atoms with van der Waals surface area (Å²) in [5.74, 6) is 0. The first-order valence-electron chi connectivity index (χ1n) is 7.05. The standard InChI is InChI=1S/C19H14N2/c1-2-6-18-15(5-1)10-16-11-17(7-8-19(16)18)21-13-14-4-3-9-20-12-14/h1-9,11-13H,10H2. The summed E-state index contributed by atoms with van der Waals surface area (Å²) in [7, 11) is 0. The fraction of sp³-hybridized carbons (Fsp3) is 0.0526. The van der Waals surface area contributed by atoms with Crippen molar-refractivity contribution in [3.05, 3.63) is 83.7 Å². The molecule has 0 bridgehead atoms. The number of hydrogen-bond acceptors (Lipinski definition) is 2. The van der Waals surface area contributed by atoms with Crippen LogP contribution < -0.4 is 0 Å². The van der Waals surface area contributed by atoms with Crippen molar-refractivity contribution in [3.63, 3.8) is 0 Å². The highest BCUT2D eigenvalue weighted by Crippen LogP contribution is 2.37. The van der Waals surface area contributed by atoms with E-state index in [-0.39, 0.29) is 0 Å². The van der Waals surface area contributed by atoms with E-state index in [1.165, 1.54) is 22.3 Å². The minimum atomic E-state index is 0.991. The van der Waals surface area contributed by atoms with Crippen LogP contribution in [-0.4, -0.2) is 11.2 Å². The number of pyridine rings is 1. The molecular weight excluding hydrogens is 256 g/mol. The summed E-state index contributed by atoms with van der Waals surface area (Å²) >= 11 is 0. The van der Waals surface area contributed by atoms with E-state index in [1.807, 2.05) is 24.5 Å². The molecule has 0 amide bonds. The van der Waals surface area contributed by atoms with Crippen molar-refractivity contribution in [2.75, 3.05) is 0 Å². The predicted molar refractivity (Wildman–Crippen MR) is 86.2 cm³/mol. The lowest BCUT2D eigenvalue weighted by Gasteiger charge is -2.01. The van der Waals surface area contributed by atoms with E-state index in [1.54, 1.807) is 6.20 Å². The van der Waals surface area contributed by atoms with E-state index < -0.39 is 0 Å². The summed E-state index contributed by atoms with van der Waals surface area (Å²) in [5.41, 5.74) is 7.46. The Labute approximate surface area is 123 Å². The monoisotopic (exact) mass is 270 g/mol. The molecule has 0 atom stereocenters. The Bertz CT molecular complexity index is 820. The lowest BCUT2D eigenvalue weighted by atomic mass is 10.1. The van der Waals surface area contributed by atoms with Crippen LogP contribution in [0.1, 0.15) is 16.7 Å². The maximum atomic E-state index is 4.55. The molecule has 1 aliphatic rings. The topological polar surface area (TPSA) is 25.2 Å². The maximum absolute atomic E-state index is 4.55. The zero-order chi connectivity index (χ0) is 14.1. The van der Waals surface area contributed by atoms with Crippen LogP contribution in [-0.2, 0) is 6.42 Å². The van der Waals surface area contributed by atoms with Crippen molar-refractivity contribution in [1.82, 2.24) is 4.98 Å². The van der Waals surface area contributed by atoms with Gasteiger partial charge in [-0.05, 0) is 46.9 Å². The van der Waals surface area contributed by atoms with Gasteiger partial charge in [-0.15, -0.1) is 0 Å². The minimum absolute atomic E-state index is 0.991. The molecule has 1 heterocycles. The average molecular weight is 270 g/mol. The first-order chi connectivity index (χ1) is 10.4. The van der Waals surface area contributed by atoms with E-state index in [2.05, 4.69) is 52.4 Å². The van der Waals surface area contributed by atoms with Gasteiger partial charge in [0.2, 0.25) is 0 Å². The first kappa shape index (κ1) is 12.0. The summed E-state index contributed by atoms with van der Waals surface area (Å²) in [6.07, 6.45) is 6.44. The van der Waals surface area contributed by atoms with Crippen molar-refractivity contribution in [1.29, 1.82) is 0 Å². The second-order valence-corrected chi connectivity index (χ2v) is 5.22. The number of rotatable bonds is 2. The summed E-state index contributed by atoms with van der Waals surface area (Å²) in [6, 6.07) is 19.0. The fourth-order valence-corrected chi connectivity index (χ4v) is 2.81. The molecule has 4 rings (SSSR count). The minimum Gasteiger partial charge on any atom is -0.264 e. The molecule has 1 aliphatic carbocycles. The SMILES string of the molecule is C(=Nc1ccc2c(c1)Cc1ccccc1-2)c1cccnc1. The van der Waals surface area contributed by atoms with Crippen molar-refractivity contribution >= 4 is 11.9 Å². The molecule has 0 saturated carbocycles. The van der Waals surface area contributed by atoms with E-state index in [0.717, 1.165) is 17.7 Å². The summed E-state index contributed by atoms with van der Waals surface area (Å²) in [6.45, 7) is 0. The number of nitrogens with zero attached hydrogens (tertiary/aromatic N) is 2. The Morgan fingerprint density at radius 1 is 0.905 bits per heavy atom. The molecule has 0 spiro atoms. The molecule has 0 radical (unpaired) electrons. The molecule has 21 heavy (non-hydrogen) atoms. The van der Waals surface area contributed by atoms with Gasteiger partial charge in [-0.3, -0.25) is 9.98 Å². The van der Waals surface area contributed by atoms with Crippen LogP contribution in [0.4, 0.5) is 5.69 Å². The number of aliphatic imine (C=N–C) groups is 1. The molecule has 100 valence electrons. The van der Waals surface area contributed by atoms with Gasteiger partial charge in [0.25, 0.3) is 0 Å². The van der Waals surface area contributed by atoms with Gasteiger partial charge in [0.1, 0.15) is 0 Å². The van der Waals surface area contributed by atoms with Crippen LogP contribution in [0.25, 0.3) is 11.1 Å². The molecule has 1 aromatic heterocycles. The first-order valence-corrected chi connectivity index (χ1v) is 7.05. The molecule has 2 aromatic carbocycles. The molecule has 0 unspecified atom stereocenters. The Kier molecular flexibility index (Phi) is 2.86. The van der Waals surface area contributed by atoms with Gasteiger partial charge in [0, 0.05) is 24.2 Å². The van der Waals surface area contributed by atoms with Crippen molar-refractivity contribution in [3.8, 4) is 11.1 Å². The quantitative estimate of drug-likeness (QED) is 0.495. The third kappa shape index (κ3) is 2.25. The highest BCUT2D eigenvalue weighted by atomic mass is 14.7. The highest BCUT2D eigenvalue weighted by molar-refractivity contribution is 5.83. The second-order valence-electron chi connectivity index (χ2n) is 5.22. The Balaban J connectivity index is 1.66. The molecular formula is C19H14N2. The van der Waals surface area contributed by atoms with Crippen molar-refractivity contribution in [2.24, 2.45) is 4.99 Å². The van der Waals surface area contributed by atoms with Gasteiger partial charge in [-0.1, -0.05) is 36.4 Å². The number of hydrogen-bond donors (Lipinski definition) is 0. The number of fused-ring (bicyclic) bond motifs is 3. The molecule has 3 aromatic rings. The van der Waals surface area contributed by atoms with Crippen LogP contribution in [0, 0.1) is 0 Å². The zero-order valence-corrected chi connectivity index (χ0v) is 11.5. The van der Waals surface area contributed by atoms with Crippen LogP contribution >= 0.6 is 0 Å². The van der Waals surface area contributed by atoms with Crippen LogP contribution in [0.3, 0.4) is 0 Å². The van der Waals surface area contributed by atoms with Gasteiger partial charge >= 0.3 is 0 Å². The second kappa shape index (κ2) is 4.98. The van der Waals surface area contributed by atoms with E-state index in [0.29, 0.717) is 0 Å².